The average molecular weight is 310 g/mol. The summed E-state index contributed by atoms with van der Waals surface area (Å²) in [5.41, 5.74) is -0.471. The molecule has 0 spiro atoms. The number of halogens is 2. The number of amides is 1. The minimum Gasteiger partial charge on any atom is -0.444 e. The number of likely N-dealkylation sites (tertiary alicyclic amines) is 1. The molecule has 1 fully saturated rings. The normalized spacial score (nSPS) is 28.7. The highest BCUT2D eigenvalue weighted by Crippen LogP contribution is 2.35. The van der Waals surface area contributed by atoms with E-state index >= 15 is 0 Å². The molecular weight excluding hydrogens is 290 g/mol. The second-order valence-electron chi connectivity index (χ2n) is 6.73. The molecule has 0 radical (unpaired) electrons. The van der Waals surface area contributed by atoms with Gasteiger partial charge in [-0.25, -0.2) is 13.6 Å². The summed E-state index contributed by atoms with van der Waals surface area (Å²) in [6.07, 6.45) is 1.23. The van der Waals surface area contributed by atoms with Crippen LogP contribution in [0.15, 0.2) is 23.6 Å². The highest BCUT2D eigenvalue weighted by molar-refractivity contribution is 5.69. The molecule has 0 N–H and O–H groups in total. The zero-order valence-electron chi connectivity index (χ0n) is 13.0. The first-order valence-electron chi connectivity index (χ1n) is 7.31. The first-order chi connectivity index (χ1) is 10.2. The maximum atomic E-state index is 13.8. The Bertz CT molecular complexity index is 557. The highest BCUT2D eigenvalue weighted by Gasteiger charge is 2.42. The van der Waals surface area contributed by atoms with Crippen LogP contribution in [0.3, 0.4) is 0 Å². The molecule has 2 rings (SSSR count). The third kappa shape index (κ3) is 3.85. The first kappa shape index (κ1) is 16.5. The summed E-state index contributed by atoms with van der Waals surface area (Å²) in [6.45, 7) is 5.15. The lowest BCUT2D eigenvalue weighted by Crippen LogP contribution is -2.43. The van der Waals surface area contributed by atoms with E-state index in [1.54, 1.807) is 26.8 Å². The monoisotopic (exact) mass is 310 g/mol. The van der Waals surface area contributed by atoms with Crippen molar-refractivity contribution in [3.05, 3.63) is 23.6 Å². The molecule has 0 aromatic heterocycles. The molecule has 1 amide bonds. The largest absolute Gasteiger partial charge is 0.444 e. The Hall–Kier alpha value is -1.90. The van der Waals surface area contributed by atoms with E-state index in [-0.39, 0.29) is 25.0 Å². The Kier molecular flexibility index (Phi) is 4.55. The van der Waals surface area contributed by atoms with Crippen molar-refractivity contribution in [3.63, 3.8) is 0 Å². The molecule has 1 saturated heterocycles. The van der Waals surface area contributed by atoms with Gasteiger partial charge in [-0.05, 0) is 26.8 Å². The molecule has 120 valence electrons. The Labute approximate surface area is 129 Å². The van der Waals surface area contributed by atoms with Gasteiger partial charge in [-0.1, -0.05) is 6.08 Å². The van der Waals surface area contributed by atoms with Crippen LogP contribution >= 0.6 is 0 Å². The summed E-state index contributed by atoms with van der Waals surface area (Å²) in [6, 6.07) is 1.40. The molecular formula is C16H20F2N2O2. The van der Waals surface area contributed by atoms with Gasteiger partial charge in [0.2, 0.25) is 0 Å². The Morgan fingerprint density at radius 3 is 2.77 bits per heavy atom. The van der Waals surface area contributed by atoms with Gasteiger partial charge in [0.25, 0.3) is 0 Å². The summed E-state index contributed by atoms with van der Waals surface area (Å²) in [7, 11) is 0. The van der Waals surface area contributed by atoms with Gasteiger partial charge in [0.15, 0.2) is 0 Å². The van der Waals surface area contributed by atoms with Crippen molar-refractivity contribution in [1.82, 2.24) is 4.90 Å². The lowest BCUT2D eigenvalue weighted by Gasteiger charge is -2.32. The number of carbonyl (C=O) groups is 1. The van der Waals surface area contributed by atoms with Crippen LogP contribution in [-0.2, 0) is 4.74 Å². The summed E-state index contributed by atoms with van der Waals surface area (Å²) < 4.78 is 32.8. The van der Waals surface area contributed by atoms with E-state index in [1.165, 1.54) is 11.0 Å². The van der Waals surface area contributed by atoms with Gasteiger partial charge < -0.3 is 9.64 Å². The lowest BCUT2D eigenvalue weighted by molar-refractivity contribution is 0.0185. The molecule has 1 aliphatic carbocycles. The van der Waals surface area contributed by atoms with Crippen molar-refractivity contribution < 1.29 is 18.3 Å². The average Bonchev–Trinajstić information content (AvgIpc) is 2.78. The molecule has 0 aromatic carbocycles. The second kappa shape index (κ2) is 6.07. The maximum Gasteiger partial charge on any atom is 0.410 e. The van der Waals surface area contributed by atoms with Gasteiger partial charge in [-0.2, -0.15) is 5.26 Å². The SMILES string of the molecule is CC(C)(C)OC(=O)N1C[C@@H](F)C[C@@H]1C1C=C(C#N)C=C(F)C1. The van der Waals surface area contributed by atoms with Crippen molar-refractivity contribution in [2.75, 3.05) is 6.54 Å². The van der Waals surface area contributed by atoms with E-state index in [9.17, 15) is 13.6 Å². The van der Waals surface area contributed by atoms with E-state index in [1.807, 2.05) is 6.07 Å². The van der Waals surface area contributed by atoms with E-state index in [2.05, 4.69) is 0 Å². The van der Waals surface area contributed by atoms with Crippen LogP contribution in [0, 0.1) is 17.2 Å². The molecule has 0 aromatic rings. The molecule has 22 heavy (non-hydrogen) atoms. The Morgan fingerprint density at radius 1 is 1.50 bits per heavy atom. The standard InChI is InChI=1S/C16H20F2N2O2/c1-16(2,3)22-15(21)20-9-13(18)7-14(20)11-4-10(8-19)5-12(17)6-11/h4-5,11,13-14H,6-7,9H2,1-3H3/t11?,13-,14+/m0/s1. The van der Waals surface area contributed by atoms with Crippen LogP contribution in [0.25, 0.3) is 0 Å². The minimum absolute atomic E-state index is 0.0584. The second-order valence-corrected chi connectivity index (χ2v) is 6.73. The zero-order valence-corrected chi connectivity index (χ0v) is 13.0. The number of allylic oxidation sites excluding steroid dienone is 3. The minimum atomic E-state index is -1.16. The molecule has 2 aliphatic rings. The molecule has 0 saturated carbocycles. The number of hydrogen-bond donors (Lipinski definition) is 0. The van der Waals surface area contributed by atoms with Gasteiger partial charge in [0.05, 0.1) is 18.2 Å². The van der Waals surface area contributed by atoms with Crippen molar-refractivity contribution >= 4 is 6.09 Å². The Balaban J connectivity index is 2.18. The number of alkyl halides is 1. The molecule has 6 heteroatoms. The van der Waals surface area contributed by atoms with E-state index in [0.717, 1.165) is 0 Å². The zero-order chi connectivity index (χ0) is 16.5. The molecule has 3 atom stereocenters. The van der Waals surface area contributed by atoms with E-state index in [0.29, 0.717) is 0 Å². The van der Waals surface area contributed by atoms with Crippen LogP contribution in [0.2, 0.25) is 0 Å². The quantitative estimate of drug-likeness (QED) is 0.742. The Morgan fingerprint density at radius 2 is 2.18 bits per heavy atom. The number of carbonyl (C=O) groups excluding carboxylic acids is 1. The third-order valence-corrected chi connectivity index (χ3v) is 3.68. The number of hydrogen-bond acceptors (Lipinski definition) is 3. The lowest BCUT2D eigenvalue weighted by atomic mass is 9.88. The van der Waals surface area contributed by atoms with Crippen LogP contribution in [-0.4, -0.2) is 35.4 Å². The molecule has 0 bridgehead atoms. The smallest absolute Gasteiger partial charge is 0.410 e. The van der Waals surface area contributed by atoms with Crippen LogP contribution < -0.4 is 0 Å². The molecule has 1 heterocycles. The van der Waals surface area contributed by atoms with E-state index in [4.69, 9.17) is 10.00 Å². The van der Waals surface area contributed by atoms with Crippen molar-refractivity contribution in [2.24, 2.45) is 5.92 Å². The third-order valence-electron chi connectivity index (χ3n) is 3.68. The van der Waals surface area contributed by atoms with Crippen molar-refractivity contribution in [1.29, 1.82) is 5.26 Å². The molecule has 1 unspecified atom stereocenters. The summed E-state index contributed by atoms with van der Waals surface area (Å²) >= 11 is 0. The summed E-state index contributed by atoms with van der Waals surface area (Å²) in [5, 5.41) is 8.94. The van der Waals surface area contributed by atoms with Crippen LogP contribution in [0.1, 0.15) is 33.6 Å². The summed E-state index contributed by atoms with van der Waals surface area (Å²) in [5.74, 6) is -0.830. The van der Waals surface area contributed by atoms with Gasteiger partial charge in [0.1, 0.15) is 17.6 Å². The molecule has 1 aliphatic heterocycles. The van der Waals surface area contributed by atoms with Gasteiger partial charge in [0, 0.05) is 24.8 Å². The highest BCUT2D eigenvalue weighted by atomic mass is 19.1. The predicted molar refractivity (Wildman–Crippen MR) is 77.2 cm³/mol. The fourth-order valence-electron chi connectivity index (χ4n) is 2.86. The van der Waals surface area contributed by atoms with Crippen LogP contribution in [0.5, 0.6) is 0 Å². The first-order valence-corrected chi connectivity index (χ1v) is 7.31. The van der Waals surface area contributed by atoms with Gasteiger partial charge in [-0.15, -0.1) is 0 Å². The fraction of sp³-hybridized carbons (Fsp3) is 0.625. The number of nitriles is 1. The van der Waals surface area contributed by atoms with Crippen molar-refractivity contribution in [3.8, 4) is 6.07 Å². The predicted octanol–water partition coefficient (Wildman–Crippen LogP) is 3.66. The fourth-order valence-corrected chi connectivity index (χ4v) is 2.86. The van der Waals surface area contributed by atoms with Gasteiger partial charge in [-0.3, -0.25) is 0 Å². The van der Waals surface area contributed by atoms with E-state index < -0.39 is 35.7 Å². The topological polar surface area (TPSA) is 53.3 Å². The molecule has 4 nitrogen and oxygen atoms in total. The number of rotatable bonds is 1. The van der Waals surface area contributed by atoms with Gasteiger partial charge >= 0.3 is 6.09 Å². The number of ether oxygens (including phenoxy) is 1. The van der Waals surface area contributed by atoms with Crippen molar-refractivity contribution in [2.45, 2.75) is 51.4 Å². The summed E-state index contributed by atoms with van der Waals surface area (Å²) in [4.78, 5) is 13.6. The maximum absolute atomic E-state index is 13.8. The van der Waals surface area contributed by atoms with Crippen LogP contribution in [0.4, 0.5) is 13.6 Å². The number of nitrogens with zero attached hydrogens (tertiary/aromatic N) is 2.